The number of piperidine rings is 1. The maximum absolute atomic E-state index is 12.4. The van der Waals surface area contributed by atoms with Crippen molar-refractivity contribution >= 4 is 40.7 Å². The zero-order chi connectivity index (χ0) is 22.9. The van der Waals surface area contributed by atoms with Gasteiger partial charge in [-0.3, -0.25) is 10.2 Å². The number of hydrazine groups is 1. The van der Waals surface area contributed by atoms with Crippen molar-refractivity contribution in [3.05, 3.63) is 57.7 Å². The lowest BCUT2D eigenvalue weighted by molar-refractivity contribution is -0.122. The summed E-state index contributed by atoms with van der Waals surface area (Å²) >= 11 is 12.1. The molecule has 1 aliphatic carbocycles. The van der Waals surface area contributed by atoms with Gasteiger partial charge in [0.1, 0.15) is 17.9 Å². The SMILES string of the molecule is N#CC1=C(OC2CCN(c3ncc(C4CC4)cn3)CC2)CC(=O)NN1c1ccc(Cl)c(Cl)c1. The molecular weight excluding hydrogens is 463 g/mol. The highest BCUT2D eigenvalue weighted by Crippen LogP contribution is 2.39. The van der Waals surface area contributed by atoms with Crippen molar-refractivity contribution in [3.8, 4) is 6.07 Å². The molecule has 0 spiro atoms. The first-order valence-corrected chi connectivity index (χ1v) is 11.7. The molecule has 2 aromatic rings. The van der Waals surface area contributed by atoms with Gasteiger partial charge in [0.15, 0.2) is 5.70 Å². The number of amides is 1. The molecule has 2 fully saturated rings. The number of carbonyl (C=O) groups is 1. The van der Waals surface area contributed by atoms with Crippen molar-refractivity contribution in [3.63, 3.8) is 0 Å². The van der Waals surface area contributed by atoms with Gasteiger partial charge in [-0.15, -0.1) is 0 Å². The molecule has 10 heteroatoms. The minimum atomic E-state index is -0.267. The van der Waals surface area contributed by atoms with E-state index in [4.69, 9.17) is 27.9 Å². The van der Waals surface area contributed by atoms with Crippen LogP contribution in [-0.2, 0) is 9.53 Å². The summed E-state index contributed by atoms with van der Waals surface area (Å²) in [6.45, 7) is 1.48. The Morgan fingerprint density at radius 3 is 2.45 bits per heavy atom. The van der Waals surface area contributed by atoms with Crippen LogP contribution in [-0.4, -0.2) is 35.1 Å². The first-order chi connectivity index (χ1) is 16.0. The molecule has 8 nitrogen and oxygen atoms in total. The third kappa shape index (κ3) is 4.70. The zero-order valence-electron chi connectivity index (χ0n) is 17.8. The first-order valence-electron chi connectivity index (χ1n) is 10.9. The lowest BCUT2D eigenvalue weighted by Crippen LogP contribution is -2.46. The van der Waals surface area contributed by atoms with Gasteiger partial charge >= 0.3 is 0 Å². The summed E-state index contributed by atoms with van der Waals surface area (Å²) in [5.74, 6) is 1.46. The normalized spacial score (nSPS) is 19.4. The van der Waals surface area contributed by atoms with Crippen molar-refractivity contribution in [1.82, 2.24) is 15.4 Å². The van der Waals surface area contributed by atoms with Crippen LogP contribution < -0.4 is 15.3 Å². The summed E-state index contributed by atoms with van der Waals surface area (Å²) in [5.41, 5.74) is 4.67. The molecule has 1 saturated heterocycles. The van der Waals surface area contributed by atoms with Crippen molar-refractivity contribution in [2.45, 2.75) is 44.1 Å². The van der Waals surface area contributed by atoms with Crippen LogP contribution in [0.15, 0.2) is 42.0 Å². The second kappa shape index (κ2) is 9.08. The number of anilines is 2. The van der Waals surface area contributed by atoms with Crippen LogP contribution in [0.1, 0.15) is 43.6 Å². The van der Waals surface area contributed by atoms with E-state index < -0.39 is 0 Å². The highest BCUT2D eigenvalue weighted by atomic mass is 35.5. The lowest BCUT2D eigenvalue weighted by atomic mass is 10.1. The Balaban J connectivity index is 1.27. The number of nitriles is 1. The summed E-state index contributed by atoms with van der Waals surface area (Å²) in [6.07, 6.45) is 7.71. The summed E-state index contributed by atoms with van der Waals surface area (Å²) < 4.78 is 6.18. The third-order valence-electron chi connectivity index (χ3n) is 6.05. The van der Waals surface area contributed by atoms with Crippen LogP contribution in [0.2, 0.25) is 10.0 Å². The fourth-order valence-corrected chi connectivity index (χ4v) is 4.39. The van der Waals surface area contributed by atoms with Gasteiger partial charge in [0.25, 0.3) is 0 Å². The quantitative estimate of drug-likeness (QED) is 0.674. The Morgan fingerprint density at radius 2 is 1.82 bits per heavy atom. The molecule has 1 N–H and O–H groups in total. The van der Waals surface area contributed by atoms with Crippen molar-refractivity contribution in [2.24, 2.45) is 0 Å². The minimum absolute atomic E-state index is 0.00662. The third-order valence-corrected chi connectivity index (χ3v) is 6.79. The number of hydrogen-bond acceptors (Lipinski definition) is 7. The number of hydrogen-bond donors (Lipinski definition) is 1. The fraction of sp³-hybridized carbons (Fsp3) is 0.391. The molecule has 0 bridgehead atoms. The van der Waals surface area contributed by atoms with E-state index in [1.54, 1.807) is 18.2 Å². The number of nitrogens with zero attached hydrogens (tertiary/aromatic N) is 5. The standard InChI is InChI=1S/C23H22Cl2N6O2/c24-18-4-3-16(9-19(18)25)31-20(11-26)21(10-22(32)29-31)33-17-5-7-30(8-6-17)23-27-12-15(13-28-23)14-1-2-14/h3-4,9,12-14,17H,1-2,5-8,10H2,(H,29,32). The molecule has 1 aromatic heterocycles. The highest BCUT2D eigenvalue weighted by molar-refractivity contribution is 6.42. The van der Waals surface area contributed by atoms with E-state index in [9.17, 15) is 10.1 Å². The van der Waals surface area contributed by atoms with Gasteiger partial charge in [-0.05, 0) is 42.5 Å². The summed E-state index contributed by atoms with van der Waals surface area (Å²) in [6, 6.07) is 7.05. The van der Waals surface area contributed by atoms with Gasteiger partial charge in [-0.25, -0.2) is 15.0 Å². The van der Waals surface area contributed by atoms with E-state index in [0.717, 1.165) is 31.9 Å². The molecule has 0 unspecified atom stereocenters. The number of aromatic nitrogens is 2. The molecule has 1 aromatic carbocycles. The van der Waals surface area contributed by atoms with Gasteiger partial charge in [0, 0.05) is 38.3 Å². The molecule has 33 heavy (non-hydrogen) atoms. The average Bonchev–Trinajstić information content (AvgIpc) is 3.67. The molecule has 1 saturated carbocycles. The van der Waals surface area contributed by atoms with Gasteiger partial charge in [-0.2, -0.15) is 5.26 Å². The van der Waals surface area contributed by atoms with Crippen molar-refractivity contribution < 1.29 is 9.53 Å². The topological polar surface area (TPSA) is 94.4 Å². The maximum atomic E-state index is 12.4. The molecule has 0 radical (unpaired) electrons. The molecule has 0 atom stereocenters. The first kappa shape index (κ1) is 21.8. The highest BCUT2D eigenvalue weighted by Gasteiger charge is 2.31. The van der Waals surface area contributed by atoms with Crippen LogP contribution in [0.5, 0.6) is 0 Å². The largest absolute Gasteiger partial charge is 0.491 e. The van der Waals surface area contributed by atoms with Crippen molar-refractivity contribution in [2.75, 3.05) is 23.0 Å². The van der Waals surface area contributed by atoms with E-state index in [0.29, 0.717) is 27.4 Å². The second-order valence-electron chi connectivity index (χ2n) is 8.42. The van der Waals surface area contributed by atoms with Crippen molar-refractivity contribution in [1.29, 1.82) is 5.26 Å². The van der Waals surface area contributed by atoms with Gasteiger partial charge < -0.3 is 9.64 Å². The monoisotopic (exact) mass is 484 g/mol. The van der Waals surface area contributed by atoms with E-state index in [1.807, 2.05) is 12.4 Å². The Labute approximate surface area is 201 Å². The Bertz CT molecular complexity index is 1130. The number of allylic oxidation sites excluding steroid dienone is 1. The molecule has 3 heterocycles. The van der Waals surface area contributed by atoms with Crippen LogP contribution in [0.25, 0.3) is 0 Å². The number of ether oxygens (including phenoxy) is 1. The van der Waals surface area contributed by atoms with E-state index >= 15 is 0 Å². The minimum Gasteiger partial charge on any atom is -0.491 e. The average molecular weight is 485 g/mol. The number of nitrogens with one attached hydrogen (secondary N) is 1. The van der Waals surface area contributed by atoms with Gasteiger partial charge in [0.2, 0.25) is 11.9 Å². The summed E-state index contributed by atoms with van der Waals surface area (Å²) in [7, 11) is 0. The molecule has 170 valence electrons. The summed E-state index contributed by atoms with van der Waals surface area (Å²) in [4.78, 5) is 23.6. The molecule has 2 aliphatic heterocycles. The van der Waals surface area contributed by atoms with Crippen LogP contribution in [0, 0.1) is 11.3 Å². The van der Waals surface area contributed by atoms with Crippen LogP contribution in [0.4, 0.5) is 11.6 Å². The van der Waals surface area contributed by atoms with Gasteiger partial charge in [-0.1, -0.05) is 23.2 Å². The summed E-state index contributed by atoms with van der Waals surface area (Å²) in [5, 5.41) is 11.9. The number of benzene rings is 1. The molecule has 3 aliphatic rings. The van der Waals surface area contributed by atoms with E-state index in [-0.39, 0.29) is 24.1 Å². The maximum Gasteiger partial charge on any atom is 0.246 e. The molecular formula is C23H22Cl2N6O2. The fourth-order valence-electron chi connectivity index (χ4n) is 4.10. The molecule has 5 rings (SSSR count). The van der Waals surface area contributed by atoms with Crippen LogP contribution in [0.3, 0.4) is 0 Å². The van der Waals surface area contributed by atoms with E-state index in [2.05, 4.69) is 26.4 Å². The van der Waals surface area contributed by atoms with Gasteiger partial charge in [0.05, 0.1) is 22.2 Å². The number of halogens is 2. The predicted octanol–water partition coefficient (Wildman–Crippen LogP) is 4.32. The van der Waals surface area contributed by atoms with Crippen LogP contribution >= 0.6 is 23.2 Å². The predicted molar refractivity (Wildman–Crippen MR) is 125 cm³/mol. The lowest BCUT2D eigenvalue weighted by Gasteiger charge is -2.35. The molecule has 1 amide bonds. The Hall–Kier alpha value is -3.02. The smallest absolute Gasteiger partial charge is 0.246 e. The second-order valence-corrected chi connectivity index (χ2v) is 9.24. The number of carbonyl (C=O) groups excluding carboxylic acids is 1. The Kier molecular flexibility index (Phi) is 6.00. The van der Waals surface area contributed by atoms with E-state index in [1.165, 1.54) is 23.4 Å². The number of rotatable bonds is 5. The zero-order valence-corrected chi connectivity index (χ0v) is 19.3. The Morgan fingerprint density at radius 1 is 1.09 bits per heavy atom.